The summed E-state index contributed by atoms with van der Waals surface area (Å²) in [7, 11) is 1.62. The van der Waals surface area contributed by atoms with Crippen LogP contribution in [0.5, 0.6) is 5.75 Å². The molecule has 1 unspecified atom stereocenters. The van der Waals surface area contributed by atoms with Crippen molar-refractivity contribution in [2.45, 2.75) is 24.9 Å². The van der Waals surface area contributed by atoms with Crippen molar-refractivity contribution in [2.75, 3.05) is 31.6 Å². The van der Waals surface area contributed by atoms with Crippen LogP contribution in [0.3, 0.4) is 0 Å². The van der Waals surface area contributed by atoms with E-state index in [4.69, 9.17) is 9.47 Å². The second-order valence-electron chi connectivity index (χ2n) is 5.44. The number of carbonyl (C=O) groups is 1. The quantitative estimate of drug-likeness (QED) is 0.899. The minimum atomic E-state index is -0.330. The predicted octanol–water partition coefficient (Wildman–Crippen LogP) is 2.16. The first-order chi connectivity index (χ1) is 9.72. The normalized spacial score (nSPS) is 26.4. The Labute approximate surface area is 118 Å². The molecule has 0 saturated carbocycles. The van der Waals surface area contributed by atoms with Crippen molar-refractivity contribution < 1.29 is 14.3 Å². The van der Waals surface area contributed by atoms with Gasteiger partial charge in [-0.2, -0.15) is 0 Å². The van der Waals surface area contributed by atoms with Gasteiger partial charge in [0.15, 0.2) is 0 Å². The van der Waals surface area contributed by atoms with E-state index in [1.807, 2.05) is 24.3 Å². The molecule has 1 N–H and O–H groups in total. The van der Waals surface area contributed by atoms with E-state index in [-0.39, 0.29) is 11.7 Å². The molecule has 1 aromatic rings. The van der Waals surface area contributed by atoms with Crippen molar-refractivity contribution in [3.63, 3.8) is 0 Å². The van der Waals surface area contributed by atoms with Gasteiger partial charge in [-0.15, -0.1) is 0 Å². The summed E-state index contributed by atoms with van der Waals surface area (Å²) in [6, 6.07) is 7.55. The number of nitrogens with zero attached hydrogens (tertiary/aromatic N) is 1. The summed E-state index contributed by atoms with van der Waals surface area (Å²) < 4.78 is 10.9. The fraction of sp³-hybridized carbons (Fsp3) is 0.533. The maximum absolute atomic E-state index is 12.2. The summed E-state index contributed by atoms with van der Waals surface area (Å²) in [4.78, 5) is 13.9. The van der Waals surface area contributed by atoms with Gasteiger partial charge in [0.1, 0.15) is 11.4 Å². The van der Waals surface area contributed by atoms with Gasteiger partial charge in [0, 0.05) is 12.5 Å². The van der Waals surface area contributed by atoms with E-state index in [0.717, 1.165) is 43.8 Å². The minimum Gasteiger partial charge on any atom is -0.497 e. The largest absolute Gasteiger partial charge is 0.497 e. The molecule has 1 atom stereocenters. The highest BCUT2D eigenvalue weighted by molar-refractivity contribution is 5.90. The smallest absolute Gasteiger partial charge is 0.415 e. The molecule has 3 rings (SSSR count). The fourth-order valence-corrected chi connectivity index (χ4v) is 2.96. The lowest BCUT2D eigenvalue weighted by molar-refractivity contribution is 0.0470. The van der Waals surface area contributed by atoms with E-state index in [1.165, 1.54) is 0 Å². The number of methoxy groups -OCH3 is 1. The molecule has 0 radical (unpaired) electrons. The summed E-state index contributed by atoms with van der Waals surface area (Å²) in [6.45, 7) is 2.53. The van der Waals surface area contributed by atoms with Crippen LogP contribution in [0.15, 0.2) is 24.3 Å². The first-order valence-electron chi connectivity index (χ1n) is 7.08. The van der Waals surface area contributed by atoms with E-state index < -0.39 is 0 Å². The van der Waals surface area contributed by atoms with Crippen molar-refractivity contribution in [1.82, 2.24) is 5.32 Å². The molecule has 2 saturated heterocycles. The Hall–Kier alpha value is -1.75. The molecule has 2 aliphatic rings. The van der Waals surface area contributed by atoms with Crippen LogP contribution in [0.1, 0.15) is 19.3 Å². The third kappa shape index (κ3) is 2.45. The highest BCUT2D eigenvalue weighted by Gasteiger charge is 2.45. The first-order valence-corrected chi connectivity index (χ1v) is 7.08. The Morgan fingerprint density at radius 3 is 3.10 bits per heavy atom. The molecule has 1 amide bonds. The van der Waals surface area contributed by atoms with Crippen LogP contribution >= 0.6 is 0 Å². The van der Waals surface area contributed by atoms with Gasteiger partial charge in [-0.05, 0) is 38.1 Å². The summed E-state index contributed by atoms with van der Waals surface area (Å²) >= 11 is 0. The molecule has 1 spiro atoms. The van der Waals surface area contributed by atoms with E-state index in [9.17, 15) is 4.79 Å². The van der Waals surface area contributed by atoms with Gasteiger partial charge < -0.3 is 14.8 Å². The van der Waals surface area contributed by atoms with Crippen LogP contribution < -0.4 is 15.0 Å². The van der Waals surface area contributed by atoms with Gasteiger partial charge in [0.05, 0.1) is 19.3 Å². The number of benzene rings is 1. The van der Waals surface area contributed by atoms with Crippen molar-refractivity contribution in [1.29, 1.82) is 0 Å². The number of nitrogens with one attached hydrogen (secondary N) is 1. The number of hydrogen-bond donors (Lipinski definition) is 1. The zero-order valence-electron chi connectivity index (χ0n) is 11.7. The van der Waals surface area contributed by atoms with Gasteiger partial charge in [-0.3, -0.25) is 4.90 Å². The SMILES string of the molecule is COc1cccc(N2CC3(CCCNCC3)OC2=O)c1. The van der Waals surface area contributed by atoms with Crippen molar-refractivity contribution in [3.8, 4) is 5.75 Å². The number of hydrogen-bond acceptors (Lipinski definition) is 4. The molecule has 2 fully saturated rings. The molecule has 2 aliphatic heterocycles. The zero-order valence-corrected chi connectivity index (χ0v) is 11.7. The Bertz CT molecular complexity index is 496. The number of ether oxygens (including phenoxy) is 2. The summed E-state index contributed by atoms with van der Waals surface area (Å²) in [6.07, 6.45) is 2.59. The lowest BCUT2D eigenvalue weighted by Crippen LogP contribution is -2.35. The molecule has 108 valence electrons. The molecule has 0 aromatic heterocycles. The third-order valence-corrected chi connectivity index (χ3v) is 4.08. The van der Waals surface area contributed by atoms with Crippen LogP contribution in [-0.4, -0.2) is 38.4 Å². The average Bonchev–Trinajstić information content (AvgIpc) is 2.64. The summed E-state index contributed by atoms with van der Waals surface area (Å²) in [5.41, 5.74) is 0.507. The van der Waals surface area contributed by atoms with Crippen LogP contribution in [0, 0.1) is 0 Å². The molecule has 0 bridgehead atoms. The van der Waals surface area contributed by atoms with Crippen LogP contribution in [0.4, 0.5) is 10.5 Å². The molecule has 2 heterocycles. The number of rotatable bonds is 2. The van der Waals surface area contributed by atoms with Gasteiger partial charge in [-0.25, -0.2) is 4.79 Å². The molecular formula is C15H20N2O3. The van der Waals surface area contributed by atoms with Crippen LogP contribution in [0.2, 0.25) is 0 Å². The molecule has 5 nitrogen and oxygen atoms in total. The molecule has 20 heavy (non-hydrogen) atoms. The number of amides is 1. The van der Waals surface area contributed by atoms with E-state index in [0.29, 0.717) is 6.54 Å². The maximum Gasteiger partial charge on any atom is 0.415 e. The zero-order chi connectivity index (χ0) is 14.0. The standard InChI is InChI=1S/C15H20N2O3/c1-19-13-5-2-4-12(10-13)17-11-15(20-14(17)18)6-3-8-16-9-7-15/h2,4-5,10,16H,3,6-9,11H2,1H3. The van der Waals surface area contributed by atoms with Gasteiger partial charge in [0.2, 0.25) is 0 Å². The Kier molecular flexibility index (Phi) is 3.53. The Balaban J connectivity index is 1.82. The van der Waals surface area contributed by atoms with Crippen molar-refractivity contribution in [2.24, 2.45) is 0 Å². The highest BCUT2D eigenvalue weighted by atomic mass is 16.6. The Morgan fingerprint density at radius 2 is 2.25 bits per heavy atom. The molecular weight excluding hydrogens is 256 g/mol. The van der Waals surface area contributed by atoms with Gasteiger partial charge in [-0.1, -0.05) is 6.07 Å². The van der Waals surface area contributed by atoms with Crippen LogP contribution in [-0.2, 0) is 4.74 Å². The first kappa shape index (κ1) is 13.2. The fourth-order valence-electron chi connectivity index (χ4n) is 2.96. The second kappa shape index (κ2) is 5.32. The third-order valence-electron chi connectivity index (χ3n) is 4.08. The van der Waals surface area contributed by atoms with E-state index >= 15 is 0 Å². The number of carbonyl (C=O) groups excluding carboxylic acids is 1. The van der Waals surface area contributed by atoms with Gasteiger partial charge >= 0.3 is 6.09 Å². The molecule has 0 aliphatic carbocycles. The lowest BCUT2D eigenvalue weighted by atomic mass is 9.95. The van der Waals surface area contributed by atoms with Crippen molar-refractivity contribution in [3.05, 3.63) is 24.3 Å². The lowest BCUT2D eigenvalue weighted by Gasteiger charge is -2.24. The van der Waals surface area contributed by atoms with Gasteiger partial charge in [0.25, 0.3) is 0 Å². The second-order valence-corrected chi connectivity index (χ2v) is 5.44. The number of anilines is 1. The van der Waals surface area contributed by atoms with E-state index in [1.54, 1.807) is 12.0 Å². The highest BCUT2D eigenvalue weighted by Crippen LogP contribution is 2.35. The van der Waals surface area contributed by atoms with Crippen LogP contribution in [0.25, 0.3) is 0 Å². The minimum absolute atomic E-state index is 0.250. The molecule has 5 heteroatoms. The predicted molar refractivity (Wildman–Crippen MR) is 76.3 cm³/mol. The van der Waals surface area contributed by atoms with E-state index in [2.05, 4.69) is 5.32 Å². The molecule has 1 aromatic carbocycles. The summed E-state index contributed by atoms with van der Waals surface area (Å²) in [5.74, 6) is 0.749. The summed E-state index contributed by atoms with van der Waals surface area (Å²) in [5, 5.41) is 3.36. The van der Waals surface area contributed by atoms with Crippen molar-refractivity contribution >= 4 is 11.8 Å². The average molecular weight is 276 g/mol. The monoisotopic (exact) mass is 276 g/mol. The topological polar surface area (TPSA) is 50.8 Å². The Morgan fingerprint density at radius 1 is 1.35 bits per heavy atom. The maximum atomic E-state index is 12.2.